The highest BCUT2D eigenvalue weighted by Crippen LogP contribution is 2.24. The van der Waals surface area contributed by atoms with Crippen molar-refractivity contribution < 1.29 is 0 Å². The van der Waals surface area contributed by atoms with E-state index in [1.165, 1.54) is 0 Å². The average molecular weight is 289 g/mol. The van der Waals surface area contributed by atoms with Gasteiger partial charge in [-0.1, -0.05) is 6.92 Å². The molecule has 1 aromatic heterocycles. The molecule has 0 aliphatic rings. The Kier molecular flexibility index (Phi) is 5.47. The Morgan fingerprint density at radius 3 is 2.87 bits per heavy atom. The van der Waals surface area contributed by atoms with Crippen LogP contribution in [0.2, 0.25) is 0 Å². The van der Waals surface area contributed by atoms with E-state index in [9.17, 15) is 0 Å². The van der Waals surface area contributed by atoms with Crippen LogP contribution >= 0.6 is 27.7 Å². The van der Waals surface area contributed by atoms with Gasteiger partial charge in [0, 0.05) is 25.0 Å². The summed E-state index contributed by atoms with van der Waals surface area (Å²) >= 11 is 5.41. The van der Waals surface area contributed by atoms with Gasteiger partial charge in [-0.15, -0.1) is 0 Å². The van der Waals surface area contributed by atoms with Gasteiger partial charge in [0.15, 0.2) is 0 Å². The van der Waals surface area contributed by atoms with Crippen LogP contribution in [0.5, 0.6) is 0 Å². The number of hydrogen-bond donors (Lipinski definition) is 0. The molecular formula is C11H17BrN2S. The van der Waals surface area contributed by atoms with Crippen LogP contribution in [0.3, 0.4) is 0 Å². The maximum Gasteiger partial charge on any atom is 0.142 e. The minimum atomic E-state index is 0.547. The molecule has 0 saturated heterocycles. The highest BCUT2D eigenvalue weighted by Gasteiger charge is 2.15. The third-order valence-electron chi connectivity index (χ3n) is 2.45. The fourth-order valence-corrected chi connectivity index (χ4v) is 2.88. The second-order valence-corrected chi connectivity index (χ2v) is 5.20. The van der Waals surface area contributed by atoms with E-state index in [2.05, 4.69) is 46.0 Å². The van der Waals surface area contributed by atoms with Crippen LogP contribution in [0.25, 0.3) is 0 Å². The number of aromatic nitrogens is 1. The van der Waals surface area contributed by atoms with E-state index in [4.69, 9.17) is 0 Å². The molecule has 1 aromatic rings. The Balaban J connectivity index is 2.82. The molecular weight excluding hydrogens is 272 g/mol. The Bertz CT molecular complexity index is 306. The monoisotopic (exact) mass is 288 g/mol. The lowest BCUT2D eigenvalue weighted by Gasteiger charge is -2.28. The van der Waals surface area contributed by atoms with Crippen LogP contribution in [0.1, 0.15) is 13.3 Å². The van der Waals surface area contributed by atoms with Gasteiger partial charge in [-0.05, 0) is 40.7 Å². The summed E-state index contributed by atoms with van der Waals surface area (Å²) in [5.41, 5.74) is 0. The first-order valence-corrected chi connectivity index (χ1v) is 7.21. The quantitative estimate of drug-likeness (QED) is 0.826. The SMILES string of the molecule is CCC(CSC)N(C)c1ncccc1Br. The van der Waals surface area contributed by atoms with Crippen molar-refractivity contribution in [1.82, 2.24) is 4.98 Å². The number of pyridine rings is 1. The summed E-state index contributed by atoms with van der Waals surface area (Å²) in [7, 11) is 2.11. The van der Waals surface area contributed by atoms with Crippen LogP contribution in [0.15, 0.2) is 22.8 Å². The van der Waals surface area contributed by atoms with Gasteiger partial charge in [0.05, 0.1) is 4.47 Å². The van der Waals surface area contributed by atoms with Gasteiger partial charge >= 0.3 is 0 Å². The third kappa shape index (κ3) is 3.38. The van der Waals surface area contributed by atoms with Gasteiger partial charge in [-0.25, -0.2) is 4.98 Å². The zero-order valence-corrected chi connectivity index (χ0v) is 11.8. The maximum absolute atomic E-state index is 4.40. The van der Waals surface area contributed by atoms with Crippen molar-refractivity contribution in [2.75, 3.05) is 24.0 Å². The lowest BCUT2D eigenvalue weighted by molar-refractivity contribution is 0.665. The van der Waals surface area contributed by atoms with E-state index in [0.29, 0.717) is 6.04 Å². The van der Waals surface area contributed by atoms with Crippen LogP contribution in [0, 0.1) is 0 Å². The third-order valence-corrected chi connectivity index (χ3v) is 3.79. The molecule has 0 bridgehead atoms. The molecule has 1 unspecified atom stereocenters. The first-order valence-electron chi connectivity index (χ1n) is 5.03. The number of halogens is 1. The Labute approximate surface area is 105 Å². The summed E-state index contributed by atoms with van der Waals surface area (Å²) in [6.45, 7) is 2.22. The lowest BCUT2D eigenvalue weighted by atomic mass is 10.2. The first kappa shape index (κ1) is 12.8. The number of rotatable bonds is 5. The number of thioether (sulfide) groups is 1. The van der Waals surface area contributed by atoms with Gasteiger partial charge < -0.3 is 4.90 Å². The summed E-state index contributed by atoms with van der Waals surface area (Å²) in [6.07, 6.45) is 5.12. The summed E-state index contributed by atoms with van der Waals surface area (Å²) in [4.78, 5) is 6.65. The second kappa shape index (κ2) is 6.38. The minimum absolute atomic E-state index is 0.547. The van der Waals surface area contributed by atoms with Crippen LogP contribution in [0.4, 0.5) is 5.82 Å². The van der Waals surface area contributed by atoms with Crippen LogP contribution in [-0.4, -0.2) is 30.1 Å². The molecule has 15 heavy (non-hydrogen) atoms. The van der Waals surface area contributed by atoms with Crippen molar-refractivity contribution in [3.05, 3.63) is 22.8 Å². The van der Waals surface area contributed by atoms with Crippen molar-refractivity contribution in [3.63, 3.8) is 0 Å². The number of anilines is 1. The second-order valence-electron chi connectivity index (χ2n) is 3.44. The topological polar surface area (TPSA) is 16.1 Å². The number of hydrogen-bond acceptors (Lipinski definition) is 3. The van der Waals surface area contributed by atoms with E-state index in [0.717, 1.165) is 22.5 Å². The molecule has 0 radical (unpaired) electrons. The molecule has 84 valence electrons. The van der Waals surface area contributed by atoms with Gasteiger partial charge in [-0.2, -0.15) is 11.8 Å². The van der Waals surface area contributed by atoms with Crippen molar-refractivity contribution in [1.29, 1.82) is 0 Å². The Morgan fingerprint density at radius 2 is 2.33 bits per heavy atom. The van der Waals surface area contributed by atoms with E-state index in [1.807, 2.05) is 30.1 Å². The summed E-state index contributed by atoms with van der Waals surface area (Å²) < 4.78 is 1.06. The lowest BCUT2D eigenvalue weighted by Crippen LogP contribution is -2.33. The van der Waals surface area contributed by atoms with Gasteiger partial charge in [0.25, 0.3) is 0 Å². The first-order chi connectivity index (χ1) is 7.20. The summed E-state index contributed by atoms with van der Waals surface area (Å²) in [6, 6.07) is 4.52. The molecule has 2 nitrogen and oxygen atoms in total. The van der Waals surface area contributed by atoms with E-state index in [-0.39, 0.29) is 0 Å². The minimum Gasteiger partial charge on any atom is -0.355 e. The van der Waals surface area contributed by atoms with Crippen LogP contribution in [-0.2, 0) is 0 Å². The molecule has 0 aromatic carbocycles. The molecule has 0 spiro atoms. The zero-order chi connectivity index (χ0) is 11.3. The molecule has 0 fully saturated rings. The fourth-order valence-electron chi connectivity index (χ4n) is 1.51. The predicted octanol–water partition coefficient (Wildman–Crippen LogP) is 3.42. The standard InChI is InChI=1S/C11H17BrN2S/c1-4-9(8-15-3)14(2)11-10(12)6-5-7-13-11/h5-7,9H,4,8H2,1-3H3. The Hall–Kier alpha value is -0.220. The van der Waals surface area contributed by atoms with Crippen molar-refractivity contribution in [2.45, 2.75) is 19.4 Å². The van der Waals surface area contributed by atoms with Crippen molar-refractivity contribution in [2.24, 2.45) is 0 Å². The zero-order valence-electron chi connectivity index (χ0n) is 9.40. The molecule has 1 atom stereocenters. The van der Waals surface area contributed by atoms with Crippen molar-refractivity contribution in [3.8, 4) is 0 Å². The average Bonchev–Trinajstić information content (AvgIpc) is 2.25. The fraction of sp³-hybridized carbons (Fsp3) is 0.545. The van der Waals surface area contributed by atoms with Crippen molar-refractivity contribution >= 4 is 33.5 Å². The smallest absolute Gasteiger partial charge is 0.142 e. The molecule has 1 rings (SSSR count). The molecule has 0 saturated carbocycles. The predicted molar refractivity (Wildman–Crippen MR) is 72.8 cm³/mol. The normalized spacial score (nSPS) is 12.5. The highest BCUT2D eigenvalue weighted by atomic mass is 79.9. The van der Waals surface area contributed by atoms with Gasteiger partial charge in [-0.3, -0.25) is 0 Å². The molecule has 0 N–H and O–H groups in total. The molecule has 0 amide bonds. The van der Waals surface area contributed by atoms with E-state index < -0.39 is 0 Å². The molecule has 0 aliphatic heterocycles. The number of nitrogens with zero attached hydrogens (tertiary/aromatic N) is 2. The molecule has 0 aliphatic carbocycles. The summed E-state index contributed by atoms with van der Waals surface area (Å²) in [5.74, 6) is 2.16. The van der Waals surface area contributed by atoms with Crippen LogP contribution < -0.4 is 4.90 Å². The highest BCUT2D eigenvalue weighted by molar-refractivity contribution is 9.10. The van der Waals surface area contributed by atoms with E-state index >= 15 is 0 Å². The van der Waals surface area contributed by atoms with Gasteiger partial charge in [0.1, 0.15) is 5.82 Å². The summed E-state index contributed by atoms with van der Waals surface area (Å²) in [5, 5.41) is 0. The Morgan fingerprint density at radius 1 is 1.60 bits per heavy atom. The maximum atomic E-state index is 4.40. The largest absolute Gasteiger partial charge is 0.355 e. The van der Waals surface area contributed by atoms with E-state index in [1.54, 1.807) is 0 Å². The molecule has 1 heterocycles. The van der Waals surface area contributed by atoms with Gasteiger partial charge in [0.2, 0.25) is 0 Å². The molecule has 4 heteroatoms.